The number of benzene rings is 4. The van der Waals surface area contributed by atoms with Gasteiger partial charge in [0, 0.05) is 11.5 Å². The molecule has 0 radical (unpaired) electrons. The number of rotatable bonds is 3. The van der Waals surface area contributed by atoms with Crippen LogP contribution in [-0.4, -0.2) is 28.7 Å². The van der Waals surface area contributed by atoms with Crippen molar-refractivity contribution in [3.8, 4) is 5.75 Å². The van der Waals surface area contributed by atoms with E-state index in [9.17, 15) is 24.3 Å². The molecule has 7 heteroatoms. The maximum Gasteiger partial charge on any atom is 0.241 e. The Labute approximate surface area is 254 Å². The number of amides is 4. The molecule has 6 unspecified atom stereocenters. The summed E-state index contributed by atoms with van der Waals surface area (Å²) in [6, 6.07) is 29.1. The normalized spacial score (nSPS) is 29.5. The molecule has 4 aromatic rings. The van der Waals surface area contributed by atoms with Gasteiger partial charge >= 0.3 is 0 Å². The minimum atomic E-state index is -1.23. The predicted molar refractivity (Wildman–Crippen MR) is 166 cm³/mol. The largest absolute Gasteiger partial charge is 0.508 e. The van der Waals surface area contributed by atoms with Crippen LogP contribution in [0.15, 0.2) is 109 Å². The topological polar surface area (TPSA) is 95.0 Å². The fourth-order valence-electron chi connectivity index (χ4n) is 8.57. The Kier molecular flexibility index (Phi) is 5.73. The summed E-state index contributed by atoms with van der Waals surface area (Å²) in [6.45, 7) is 1.84. The number of hydrogen-bond donors (Lipinski definition) is 1. The van der Waals surface area contributed by atoms with Gasteiger partial charge in [0.05, 0.1) is 34.5 Å². The van der Waals surface area contributed by atoms with Gasteiger partial charge in [0.1, 0.15) is 5.75 Å². The Morgan fingerprint density at radius 2 is 1.34 bits per heavy atom. The van der Waals surface area contributed by atoms with Crippen molar-refractivity contribution < 1.29 is 24.3 Å². The van der Waals surface area contributed by atoms with Crippen molar-refractivity contribution >= 4 is 45.8 Å². The molecular weight excluding hydrogens is 552 g/mol. The monoisotopic (exact) mass is 582 g/mol. The molecule has 4 amide bonds. The Hall–Kier alpha value is -5.04. The third-order valence-electron chi connectivity index (χ3n) is 10.5. The lowest BCUT2D eigenvalue weighted by Gasteiger charge is -2.49. The van der Waals surface area contributed by atoms with Crippen LogP contribution in [0.2, 0.25) is 0 Å². The van der Waals surface area contributed by atoms with Gasteiger partial charge in [-0.2, -0.15) is 0 Å². The van der Waals surface area contributed by atoms with Crippen molar-refractivity contribution in [2.75, 3.05) is 9.80 Å². The molecule has 4 aliphatic rings. The van der Waals surface area contributed by atoms with Gasteiger partial charge in [-0.1, -0.05) is 78.4 Å². The standard InChI is InChI=1S/C37H30N2O5/c1-37-28(34(42)39(36(37)44)23-13-6-3-7-14-23)20-27-25(32(37)31-24-15-9-8-10-21(24)16-19-29(31)40)17-18-26-30(27)35(43)38(33(26)41)22-11-4-2-5-12-22/h2-17,19,26-28,30,32,40H,18,20H2,1H3. The molecule has 44 heavy (non-hydrogen) atoms. The van der Waals surface area contributed by atoms with Crippen LogP contribution in [0.5, 0.6) is 5.75 Å². The zero-order valence-corrected chi connectivity index (χ0v) is 24.1. The summed E-state index contributed by atoms with van der Waals surface area (Å²) in [5, 5.41) is 13.2. The lowest BCUT2D eigenvalue weighted by Crippen LogP contribution is -2.49. The number of carbonyl (C=O) groups excluding carboxylic acids is 4. The third-order valence-corrected chi connectivity index (χ3v) is 10.5. The molecule has 4 aromatic carbocycles. The molecule has 0 bridgehead atoms. The van der Waals surface area contributed by atoms with E-state index in [1.165, 1.54) is 9.80 Å². The number of phenolic OH excluding ortho intramolecular Hbond substituents is 1. The van der Waals surface area contributed by atoms with E-state index >= 15 is 0 Å². The molecule has 2 heterocycles. The maximum absolute atomic E-state index is 14.6. The van der Waals surface area contributed by atoms with E-state index in [1.54, 1.807) is 54.6 Å². The van der Waals surface area contributed by atoms with Gasteiger partial charge in [0.25, 0.3) is 0 Å². The number of aromatic hydroxyl groups is 1. The third kappa shape index (κ3) is 3.43. The summed E-state index contributed by atoms with van der Waals surface area (Å²) in [6.07, 6.45) is 2.63. The van der Waals surface area contributed by atoms with Gasteiger partial charge in [-0.3, -0.25) is 24.1 Å². The van der Waals surface area contributed by atoms with Crippen LogP contribution < -0.4 is 9.80 Å². The second-order valence-corrected chi connectivity index (χ2v) is 12.6. The first-order chi connectivity index (χ1) is 21.3. The van der Waals surface area contributed by atoms with Crippen molar-refractivity contribution in [3.63, 3.8) is 0 Å². The Balaban J connectivity index is 1.34. The quantitative estimate of drug-likeness (QED) is 0.237. The molecule has 8 rings (SSSR count). The fraction of sp³-hybridized carbons (Fsp3) is 0.243. The average molecular weight is 583 g/mol. The zero-order valence-electron chi connectivity index (χ0n) is 24.1. The molecule has 0 aromatic heterocycles. The second kappa shape index (κ2) is 9.48. The number of imide groups is 2. The summed E-state index contributed by atoms with van der Waals surface area (Å²) < 4.78 is 0. The molecule has 218 valence electrons. The van der Waals surface area contributed by atoms with Gasteiger partial charge in [-0.15, -0.1) is 0 Å². The van der Waals surface area contributed by atoms with Crippen molar-refractivity contribution in [1.29, 1.82) is 0 Å². The van der Waals surface area contributed by atoms with Crippen molar-refractivity contribution in [2.24, 2.45) is 29.1 Å². The van der Waals surface area contributed by atoms with Crippen LogP contribution in [-0.2, 0) is 19.2 Å². The first kappa shape index (κ1) is 26.6. The van der Waals surface area contributed by atoms with E-state index in [0.717, 1.165) is 16.3 Å². The van der Waals surface area contributed by atoms with E-state index in [-0.39, 0.29) is 35.8 Å². The summed E-state index contributed by atoms with van der Waals surface area (Å²) in [4.78, 5) is 59.5. The van der Waals surface area contributed by atoms with Crippen molar-refractivity contribution in [2.45, 2.75) is 25.7 Å². The molecule has 2 aliphatic heterocycles. The highest BCUT2D eigenvalue weighted by Crippen LogP contribution is 2.65. The second-order valence-electron chi connectivity index (χ2n) is 12.6. The number of hydrogen-bond acceptors (Lipinski definition) is 5. The summed E-state index contributed by atoms with van der Waals surface area (Å²) >= 11 is 0. The Morgan fingerprint density at radius 1 is 0.705 bits per heavy atom. The SMILES string of the molecule is CC12C(=O)N(c3ccccc3)C(=O)C1CC1C(=CCC3C(=O)N(c4ccccc4)C(=O)C31)C2c1c(O)ccc2ccccc12. The van der Waals surface area contributed by atoms with Crippen molar-refractivity contribution in [1.82, 2.24) is 0 Å². The number of allylic oxidation sites excluding steroid dienone is 2. The van der Waals surface area contributed by atoms with Crippen LogP contribution in [0.3, 0.4) is 0 Å². The fourth-order valence-corrected chi connectivity index (χ4v) is 8.57. The van der Waals surface area contributed by atoms with Gasteiger partial charge in [-0.25, -0.2) is 4.90 Å². The lowest BCUT2D eigenvalue weighted by molar-refractivity contribution is -0.131. The van der Waals surface area contributed by atoms with Crippen LogP contribution in [0.25, 0.3) is 10.8 Å². The van der Waals surface area contributed by atoms with E-state index in [0.29, 0.717) is 23.4 Å². The van der Waals surface area contributed by atoms with E-state index in [4.69, 9.17) is 0 Å². The van der Waals surface area contributed by atoms with Gasteiger partial charge in [0.15, 0.2) is 0 Å². The number of anilines is 2. The average Bonchev–Trinajstić information content (AvgIpc) is 3.42. The number of para-hydroxylation sites is 2. The van der Waals surface area contributed by atoms with Crippen LogP contribution in [0.4, 0.5) is 11.4 Å². The summed E-state index contributed by atoms with van der Waals surface area (Å²) in [5.41, 5.74) is 1.23. The first-order valence-electron chi connectivity index (χ1n) is 15.1. The van der Waals surface area contributed by atoms with Crippen LogP contribution in [0.1, 0.15) is 31.2 Å². The molecule has 0 spiro atoms. The lowest BCUT2D eigenvalue weighted by atomic mass is 9.51. The Morgan fingerprint density at radius 3 is 2.05 bits per heavy atom. The van der Waals surface area contributed by atoms with Gasteiger partial charge in [-0.05, 0) is 66.8 Å². The Bertz CT molecular complexity index is 1920. The first-order valence-corrected chi connectivity index (χ1v) is 15.1. The zero-order chi connectivity index (χ0) is 30.3. The minimum absolute atomic E-state index is 0.0375. The van der Waals surface area contributed by atoms with E-state index in [1.807, 2.05) is 55.5 Å². The predicted octanol–water partition coefficient (Wildman–Crippen LogP) is 5.98. The minimum Gasteiger partial charge on any atom is -0.508 e. The van der Waals surface area contributed by atoms with E-state index < -0.39 is 35.0 Å². The highest BCUT2D eigenvalue weighted by Gasteiger charge is 2.68. The number of carbonyl (C=O) groups is 4. The van der Waals surface area contributed by atoms with E-state index in [2.05, 4.69) is 0 Å². The molecular formula is C37H30N2O5. The number of fused-ring (bicyclic) bond motifs is 5. The highest BCUT2D eigenvalue weighted by molar-refractivity contribution is 6.25. The molecule has 2 aliphatic carbocycles. The smallest absolute Gasteiger partial charge is 0.241 e. The van der Waals surface area contributed by atoms with Crippen LogP contribution in [0, 0.1) is 29.1 Å². The van der Waals surface area contributed by atoms with Gasteiger partial charge < -0.3 is 5.11 Å². The summed E-state index contributed by atoms with van der Waals surface area (Å²) in [7, 11) is 0. The molecule has 1 N–H and O–H groups in total. The molecule has 7 nitrogen and oxygen atoms in total. The molecule has 2 saturated heterocycles. The highest BCUT2D eigenvalue weighted by atomic mass is 16.3. The van der Waals surface area contributed by atoms with Crippen molar-refractivity contribution in [3.05, 3.63) is 114 Å². The number of nitrogens with zero attached hydrogens (tertiary/aromatic N) is 2. The molecule has 1 saturated carbocycles. The summed E-state index contributed by atoms with van der Waals surface area (Å²) in [5.74, 6) is -4.22. The molecule has 6 atom stereocenters. The van der Waals surface area contributed by atoms with Gasteiger partial charge in [0.2, 0.25) is 23.6 Å². The molecule has 3 fully saturated rings. The maximum atomic E-state index is 14.6. The number of phenols is 1. The van der Waals surface area contributed by atoms with Crippen LogP contribution >= 0.6 is 0 Å².